The van der Waals surface area contributed by atoms with Gasteiger partial charge in [0.15, 0.2) is 0 Å². The molecule has 2 aromatic heterocycles. The van der Waals surface area contributed by atoms with Crippen LogP contribution in [-0.2, 0) is 0 Å². The zero-order valence-corrected chi connectivity index (χ0v) is 22.3. The summed E-state index contributed by atoms with van der Waals surface area (Å²) < 4.78 is 74.0. The average Bonchev–Trinajstić information content (AvgIpc) is 3.64. The molecule has 3 N–H and O–H groups in total. The first-order chi connectivity index (χ1) is 19.9. The summed E-state index contributed by atoms with van der Waals surface area (Å²) in [4.78, 5) is 30.4. The number of rotatable bonds is 7. The van der Waals surface area contributed by atoms with Gasteiger partial charge in [0.2, 0.25) is 5.71 Å². The third-order valence-corrected chi connectivity index (χ3v) is 7.99. The molecule has 4 aromatic rings. The summed E-state index contributed by atoms with van der Waals surface area (Å²) in [7, 11) is 1.39. The Morgan fingerprint density at radius 2 is 1.74 bits per heavy atom. The van der Waals surface area contributed by atoms with Crippen LogP contribution >= 0.6 is 0 Å². The highest BCUT2D eigenvalue weighted by molar-refractivity contribution is 6.11. The Morgan fingerprint density at radius 3 is 2.38 bits per heavy atom. The predicted molar refractivity (Wildman–Crippen MR) is 145 cm³/mol. The van der Waals surface area contributed by atoms with E-state index in [1.54, 1.807) is 0 Å². The molecule has 3 aliphatic carbocycles. The zero-order chi connectivity index (χ0) is 29.8. The maximum Gasteiger partial charge on any atom is 0.405 e. The molecule has 42 heavy (non-hydrogen) atoms. The van der Waals surface area contributed by atoms with Gasteiger partial charge in [0.25, 0.3) is 11.8 Å². The second-order valence-electron chi connectivity index (χ2n) is 10.8. The van der Waals surface area contributed by atoms with Gasteiger partial charge < -0.3 is 20.4 Å². The number of aromatic nitrogens is 1. The SMILES string of the molecule is CNC(=O)c1c(-c2ccc(F)cc2)oc2nc(NCC(F)(F)F)c(-c3ccc(F)c(C(=O)NC45CCC(C4)C5)c3)cc12. The summed E-state index contributed by atoms with van der Waals surface area (Å²) in [6.07, 6.45) is -1.10. The molecule has 218 valence electrons. The minimum absolute atomic E-state index is 0.0233. The topological polar surface area (TPSA) is 96.3 Å². The van der Waals surface area contributed by atoms with E-state index in [0.29, 0.717) is 11.5 Å². The molecule has 3 fully saturated rings. The number of hydrogen-bond donors (Lipinski definition) is 3. The molecular formula is C30H25F5N4O3. The van der Waals surface area contributed by atoms with Crippen LogP contribution in [0.2, 0.25) is 0 Å². The lowest BCUT2D eigenvalue weighted by molar-refractivity contribution is -0.115. The van der Waals surface area contributed by atoms with E-state index in [4.69, 9.17) is 4.42 Å². The fourth-order valence-electron chi connectivity index (χ4n) is 5.99. The monoisotopic (exact) mass is 584 g/mol. The van der Waals surface area contributed by atoms with Crippen LogP contribution in [0.15, 0.2) is 52.9 Å². The van der Waals surface area contributed by atoms with Gasteiger partial charge in [-0.3, -0.25) is 9.59 Å². The molecule has 3 saturated carbocycles. The standard InChI is InChI=1S/C30H25F5N4O3/c1-36-27(41)23-21-11-19(17-4-7-22(32)20(10-17)26(40)39-29-9-8-15(12-29)13-29)25(37-14-30(33,34)35)38-28(21)42-24(23)16-2-5-18(31)6-3-16/h2-7,10-11,15H,8-9,12-14H2,1H3,(H,36,41)(H,37,38)(H,39,40). The van der Waals surface area contributed by atoms with E-state index in [9.17, 15) is 31.5 Å². The molecule has 0 saturated heterocycles. The number of anilines is 1. The lowest BCUT2D eigenvalue weighted by Gasteiger charge is -2.39. The van der Waals surface area contributed by atoms with E-state index in [2.05, 4.69) is 20.9 Å². The lowest BCUT2D eigenvalue weighted by atomic mass is 9.77. The van der Waals surface area contributed by atoms with Gasteiger partial charge in [-0.2, -0.15) is 18.2 Å². The third-order valence-electron chi connectivity index (χ3n) is 7.99. The average molecular weight is 585 g/mol. The van der Waals surface area contributed by atoms with Crippen LogP contribution in [0.5, 0.6) is 0 Å². The number of furan rings is 1. The van der Waals surface area contributed by atoms with Crippen molar-refractivity contribution in [3.63, 3.8) is 0 Å². The maximum absolute atomic E-state index is 14.9. The molecule has 7 nitrogen and oxygen atoms in total. The van der Waals surface area contributed by atoms with Crippen molar-refractivity contribution in [1.29, 1.82) is 0 Å². The normalized spacial score (nSPS) is 19.4. The van der Waals surface area contributed by atoms with Gasteiger partial charge >= 0.3 is 6.18 Å². The van der Waals surface area contributed by atoms with Crippen LogP contribution < -0.4 is 16.0 Å². The number of nitrogens with one attached hydrogen (secondary N) is 3. The summed E-state index contributed by atoms with van der Waals surface area (Å²) >= 11 is 0. The Hall–Kier alpha value is -4.48. The number of fused-ring (bicyclic) bond motifs is 2. The van der Waals surface area contributed by atoms with E-state index in [1.807, 2.05) is 0 Å². The number of carbonyl (C=O) groups excluding carboxylic acids is 2. The van der Waals surface area contributed by atoms with Gasteiger partial charge in [-0.25, -0.2) is 8.78 Å². The van der Waals surface area contributed by atoms with Crippen molar-refractivity contribution >= 4 is 28.7 Å². The smallest absolute Gasteiger partial charge is 0.405 e. The number of pyridine rings is 1. The second kappa shape index (κ2) is 10.1. The van der Waals surface area contributed by atoms with E-state index in [-0.39, 0.29) is 50.5 Å². The van der Waals surface area contributed by atoms with Crippen molar-refractivity contribution < 1.29 is 36.0 Å². The Morgan fingerprint density at radius 1 is 1.02 bits per heavy atom. The second-order valence-corrected chi connectivity index (χ2v) is 10.8. The van der Waals surface area contributed by atoms with Crippen LogP contribution in [0.1, 0.15) is 46.4 Å². The Balaban J connectivity index is 1.49. The quantitative estimate of drug-likeness (QED) is 0.217. The molecule has 2 heterocycles. The highest BCUT2D eigenvalue weighted by atomic mass is 19.4. The molecule has 2 aromatic carbocycles. The van der Waals surface area contributed by atoms with Gasteiger partial charge in [0.1, 0.15) is 29.8 Å². The number of carbonyl (C=O) groups is 2. The Kier molecular flexibility index (Phi) is 6.66. The number of nitrogens with zero attached hydrogens (tertiary/aromatic N) is 1. The Bertz CT molecular complexity index is 1700. The first-order valence-corrected chi connectivity index (χ1v) is 13.3. The van der Waals surface area contributed by atoms with Crippen molar-refractivity contribution in [2.24, 2.45) is 5.92 Å². The van der Waals surface area contributed by atoms with Crippen molar-refractivity contribution in [3.8, 4) is 22.5 Å². The van der Waals surface area contributed by atoms with E-state index >= 15 is 0 Å². The molecule has 0 atom stereocenters. The number of alkyl halides is 3. The molecule has 0 spiro atoms. The summed E-state index contributed by atoms with van der Waals surface area (Å²) in [5, 5.41) is 7.87. The summed E-state index contributed by atoms with van der Waals surface area (Å²) in [6, 6.07) is 10.2. The van der Waals surface area contributed by atoms with Crippen LogP contribution in [0.4, 0.5) is 27.8 Å². The van der Waals surface area contributed by atoms with Crippen LogP contribution in [0.3, 0.4) is 0 Å². The molecule has 3 aliphatic rings. The number of benzene rings is 2. The van der Waals surface area contributed by atoms with Crippen LogP contribution in [0, 0.1) is 17.6 Å². The molecule has 0 radical (unpaired) electrons. The largest absolute Gasteiger partial charge is 0.437 e. The number of halogens is 5. The fourth-order valence-corrected chi connectivity index (χ4v) is 5.99. The van der Waals surface area contributed by atoms with Gasteiger partial charge in [-0.05, 0) is 79.6 Å². The first kappa shape index (κ1) is 27.7. The van der Waals surface area contributed by atoms with Crippen LogP contribution in [-0.4, -0.2) is 42.1 Å². The van der Waals surface area contributed by atoms with Crippen molar-refractivity contribution in [2.75, 3.05) is 18.9 Å². The molecule has 0 aliphatic heterocycles. The molecule has 7 rings (SSSR count). The number of hydrogen-bond acceptors (Lipinski definition) is 5. The van der Waals surface area contributed by atoms with Gasteiger partial charge in [-0.15, -0.1) is 0 Å². The highest BCUT2D eigenvalue weighted by Crippen LogP contribution is 2.52. The van der Waals surface area contributed by atoms with Crippen molar-refractivity contribution in [3.05, 3.63) is 71.3 Å². The maximum atomic E-state index is 14.9. The van der Waals surface area contributed by atoms with Gasteiger partial charge in [-0.1, -0.05) is 6.07 Å². The number of amides is 2. The zero-order valence-electron chi connectivity index (χ0n) is 22.3. The van der Waals surface area contributed by atoms with Crippen molar-refractivity contribution in [2.45, 2.75) is 37.4 Å². The van der Waals surface area contributed by atoms with Gasteiger partial charge in [0, 0.05) is 23.7 Å². The van der Waals surface area contributed by atoms with Crippen molar-refractivity contribution in [1.82, 2.24) is 15.6 Å². The Labute approximate surface area is 236 Å². The molecule has 0 unspecified atom stereocenters. The van der Waals surface area contributed by atoms with E-state index in [1.165, 1.54) is 49.5 Å². The lowest BCUT2D eigenvalue weighted by Crippen LogP contribution is -2.51. The van der Waals surface area contributed by atoms with E-state index < -0.39 is 36.2 Å². The molecule has 2 bridgehead atoms. The third kappa shape index (κ3) is 5.05. The molecule has 12 heteroatoms. The fraction of sp³-hybridized carbons (Fsp3) is 0.300. The van der Waals surface area contributed by atoms with E-state index in [0.717, 1.165) is 31.7 Å². The first-order valence-electron chi connectivity index (χ1n) is 13.3. The molecular weight excluding hydrogens is 559 g/mol. The van der Waals surface area contributed by atoms with Crippen LogP contribution in [0.25, 0.3) is 33.6 Å². The van der Waals surface area contributed by atoms with Gasteiger partial charge in [0.05, 0.1) is 16.5 Å². The molecule has 2 amide bonds. The summed E-state index contributed by atoms with van der Waals surface area (Å²) in [6.45, 7) is -1.44. The summed E-state index contributed by atoms with van der Waals surface area (Å²) in [5.41, 5.74) is -0.116. The minimum Gasteiger partial charge on any atom is -0.437 e. The minimum atomic E-state index is -4.60. The summed E-state index contributed by atoms with van der Waals surface area (Å²) in [5.74, 6) is -2.15. The highest BCUT2D eigenvalue weighted by Gasteiger charge is 2.51. The predicted octanol–water partition coefficient (Wildman–Crippen LogP) is 6.45.